The van der Waals surface area contributed by atoms with Crippen LogP contribution in [0.3, 0.4) is 0 Å². The maximum Gasteiger partial charge on any atom is 0.303 e. The van der Waals surface area contributed by atoms with Gasteiger partial charge in [-0.05, 0) is 13.3 Å². The molecule has 1 N–H and O–H groups in total. The SMILES string of the molecule is [CH2]C(S)(S)CCC(=O)O. The molecule has 0 amide bonds. The maximum absolute atomic E-state index is 9.95. The first-order valence-electron chi connectivity index (χ1n) is 2.44. The molecule has 4 heteroatoms. The first kappa shape index (κ1) is 9.17. The third kappa shape index (κ3) is 8.17. The van der Waals surface area contributed by atoms with Crippen LogP contribution >= 0.6 is 25.3 Å². The van der Waals surface area contributed by atoms with E-state index in [1.54, 1.807) is 0 Å². The Hall–Kier alpha value is 0.170. The molecule has 1 radical (unpaired) electrons. The summed E-state index contributed by atoms with van der Waals surface area (Å²) in [6.45, 7) is 3.51. The van der Waals surface area contributed by atoms with Crippen molar-refractivity contribution in [3.63, 3.8) is 0 Å². The summed E-state index contributed by atoms with van der Waals surface area (Å²) in [6.07, 6.45) is 0.436. The molecule has 0 aromatic carbocycles. The molecule has 0 aliphatic rings. The number of rotatable bonds is 3. The number of carboxylic acids is 1. The van der Waals surface area contributed by atoms with Crippen molar-refractivity contribution < 1.29 is 9.90 Å². The molecule has 0 saturated carbocycles. The summed E-state index contributed by atoms with van der Waals surface area (Å²) in [7, 11) is 0. The number of hydrogen-bond acceptors (Lipinski definition) is 3. The fourth-order valence-electron chi connectivity index (χ4n) is 0.307. The summed E-state index contributed by atoms with van der Waals surface area (Å²) in [5.74, 6) is -0.842. The van der Waals surface area contributed by atoms with E-state index in [1.807, 2.05) is 0 Å². The molecular weight excluding hydrogens is 156 g/mol. The average Bonchev–Trinajstić information content (AvgIpc) is 1.59. The zero-order chi connectivity index (χ0) is 7.49. The molecule has 2 nitrogen and oxygen atoms in total. The van der Waals surface area contributed by atoms with E-state index < -0.39 is 10.0 Å². The lowest BCUT2D eigenvalue weighted by atomic mass is 10.2. The van der Waals surface area contributed by atoms with Crippen molar-refractivity contribution >= 4 is 31.2 Å². The smallest absolute Gasteiger partial charge is 0.303 e. The van der Waals surface area contributed by atoms with Gasteiger partial charge in [-0.25, -0.2) is 0 Å². The molecule has 0 bridgehead atoms. The van der Waals surface area contributed by atoms with Gasteiger partial charge in [0.1, 0.15) is 0 Å². The summed E-state index contributed by atoms with van der Waals surface area (Å²) >= 11 is 7.84. The Labute approximate surface area is 65.5 Å². The first-order valence-corrected chi connectivity index (χ1v) is 3.33. The van der Waals surface area contributed by atoms with Crippen molar-refractivity contribution in [2.45, 2.75) is 16.9 Å². The van der Waals surface area contributed by atoms with Gasteiger partial charge in [-0.15, -0.1) is 0 Å². The van der Waals surface area contributed by atoms with E-state index in [4.69, 9.17) is 5.11 Å². The number of hydrogen-bond donors (Lipinski definition) is 3. The second kappa shape index (κ2) is 3.37. The van der Waals surface area contributed by atoms with Crippen molar-refractivity contribution in [3.05, 3.63) is 6.92 Å². The Balaban J connectivity index is 3.39. The van der Waals surface area contributed by atoms with Gasteiger partial charge >= 0.3 is 5.97 Å². The molecule has 0 atom stereocenters. The van der Waals surface area contributed by atoms with Crippen LogP contribution < -0.4 is 0 Å². The standard InChI is InChI=1S/C5H9O2S2/c1-5(8,9)3-2-4(6)7/h8-9H,1-3H2,(H,6,7). The normalized spacial score (nSPS) is 11.4. The van der Waals surface area contributed by atoms with E-state index in [-0.39, 0.29) is 6.42 Å². The fraction of sp³-hybridized carbons (Fsp3) is 0.600. The van der Waals surface area contributed by atoms with Gasteiger partial charge in [0.25, 0.3) is 0 Å². The van der Waals surface area contributed by atoms with Gasteiger partial charge in [0.05, 0.1) is 4.08 Å². The number of thiol groups is 2. The molecular formula is C5H9O2S2. The van der Waals surface area contributed by atoms with Crippen LogP contribution in [0, 0.1) is 6.92 Å². The largest absolute Gasteiger partial charge is 0.481 e. The molecule has 0 aromatic rings. The molecule has 0 heterocycles. The van der Waals surface area contributed by atoms with Gasteiger partial charge in [-0.2, -0.15) is 25.3 Å². The van der Waals surface area contributed by atoms with Crippen LogP contribution in [-0.4, -0.2) is 15.2 Å². The monoisotopic (exact) mass is 165 g/mol. The average molecular weight is 165 g/mol. The molecule has 0 aliphatic carbocycles. The molecule has 53 valence electrons. The van der Waals surface area contributed by atoms with E-state index in [2.05, 4.69) is 32.2 Å². The van der Waals surface area contributed by atoms with Crippen LogP contribution in [0.4, 0.5) is 0 Å². The predicted octanol–water partition coefficient (Wildman–Crippen LogP) is 1.24. The third-order valence-corrected chi connectivity index (χ3v) is 1.19. The minimum absolute atomic E-state index is 0.0660. The second-order valence-electron chi connectivity index (χ2n) is 1.88. The molecule has 0 unspecified atom stereocenters. The van der Waals surface area contributed by atoms with E-state index in [0.717, 1.165) is 0 Å². The van der Waals surface area contributed by atoms with Crippen LogP contribution in [0.5, 0.6) is 0 Å². The molecule has 0 fully saturated rings. The Morgan fingerprint density at radius 3 is 2.22 bits per heavy atom. The van der Waals surface area contributed by atoms with E-state index in [9.17, 15) is 4.79 Å². The highest BCUT2D eigenvalue weighted by molar-refractivity contribution is 8.00. The Bertz CT molecular complexity index is 106. The third-order valence-electron chi connectivity index (χ3n) is 0.739. The molecule has 9 heavy (non-hydrogen) atoms. The zero-order valence-electron chi connectivity index (χ0n) is 4.87. The van der Waals surface area contributed by atoms with Crippen LogP contribution in [0.1, 0.15) is 12.8 Å². The quantitative estimate of drug-likeness (QED) is 0.435. The summed E-state index contributed by atoms with van der Waals surface area (Å²) in [6, 6.07) is 0. The second-order valence-corrected chi connectivity index (χ2v) is 3.94. The molecule has 0 rings (SSSR count). The van der Waals surface area contributed by atoms with E-state index in [1.165, 1.54) is 0 Å². The summed E-state index contributed by atoms with van der Waals surface area (Å²) < 4.78 is -0.710. The maximum atomic E-state index is 9.95. The highest BCUT2D eigenvalue weighted by Gasteiger charge is 2.13. The number of carbonyl (C=O) groups is 1. The summed E-state index contributed by atoms with van der Waals surface area (Å²) in [5, 5.41) is 8.18. The van der Waals surface area contributed by atoms with Gasteiger partial charge < -0.3 is 5.11 Å². The van der Waals surface area contributed by atoms with E-state index in [0.29, 0.717) is 6.42 Å². The van der Waals surface area contributed by atoms with Crippen LogP contribution in [-0.2, 0) is 4.79 Å². The van der Waals surface area contributed by atoms with Crippen LogP contribution in [0.15, 0.2) is 0 Å². The predicted molar refractivity (Wildman–Crippen MR) is 42.9 cm³/mol. The van der Waals surface area contributed by atoms with Crippen molar-refractivity contribution in [3.8, 4) is 0 Å². The van der Waals surface area contributed by atoms with E-state index >= 15 is 0 Å². The van der Waals surface area contributed by atoms with Gasteiger partial charge in [-0.3, -0.25) is 4.79 Å². The van der Waals surface area contributed by atoms with Crippen molar-refractivity contribution in [1.82, 2.24) is 0 Å². The van der Waals surface area contributed by atoms with Gasteiger partial charge in [0, 0.05) is 6.42 Å². The zero-order valence-corrected chi connectivity index (χ0v) is 6.66. The number of carboxylic acid groups (broad SMARTS) is 1. The first-order chi connectivity index (χ1) is 3.92. The van der Waals surface area contributed by atoms with Crippen molar-refractivity contribution in [2.75, 3.05) is 0 Å². The van der Waals surface area contributed by atoms with Gasteiger partial charge in [-0.1, -0.05) is 0 Å². The Morgan fingerprint density at radius 1 is 1.67 bits per heavy atom. The lowest BCUT2D eigenvalue weighted by molar-refractivity contribution is -0.137. The van der Waals surface area contributed by atoms with Crippen LogP contribution in [0.25, 0.3) is 0 Å². The van der Waals surface area contributed by atoms with Crippen molar-refractivity contribution in [1.29, 1.82) is 0 Å². The summed E-state index contributed by atoms with van der Waals surface area (Å²) in [4.78, 5) is 9.95. The highest BCUT2D eigenvalue weighted by atomic mass is 32.2. The Morgan fingerprint density at radius 2 is 2.11 bits per heavy atom. The van der Waals surface area contributed by atoms with Gasteiger partial charge in [0.15, 0.2) is 0 Å². The lowest BCUT2D eigenvalue weighted by Crippen LogP contribution is -2.09. The van der Waals surface area contributed by atoms with Gasteiger partial charge in [0.2, 0.25) is 0 Å². The highest BCUT2D eigenvalue weighted by Crippen LogP contribution is 2.23. The molecule has 0 spiro atoms. The molecule has 0 aliphatic heterocycles. The Kier molecular flexibility index (Phi) is 3.43. The topological polar surface area (TPSA) is 37.3 Å². The lowest BCUT2D eigenvalue weighted by Gasteiger charge is -2.13. The summed E-state index contributed by atoms with van der Waals surface area (Å²) in [5.41, 5.74) is 0. The number of aliphatic carboxylic acids is 1. The minimum atomic E-state index is -0.842. The van der Waals surface area contributed by atoms with Crippen molar-refractivity contribution in [2.24, 2.45) is 0 Å². The fourth-order valence-corrected chi connectivity index (χ4v) is 0.531. The minimum Gasteiger partial charge on any atom is -0.481 e. The molecule has 0 aromatic heterocycles. The molecule has 0 saturated heterocycles. The van der Waals surface area contributed by atoms with Crippen LogP contribution in [0.2, 0.25) is 0 Å².